The molecule has 7 heteroatoms. The molecule has 1 atom stereocenters. The average Bonchev–Trinajstić information content (AvgIpc) is 2.82. The van der Waals surface area contributed by atoms with Gasteiger partial charge in [0.15, 0.2) is 0 Å². The van der Waals surface area contributed by atoms with Crippen molar-refractivity contribution in [1.29, 1.82) is 0 Å². The van der Waals surface area contributed by atoms with E-state index in [9.17, 15) is 14.4 Å². The minimum Gasteiger partial charge on any atom is -0.490 e. The molecule has 0 bridgehead atoms. The predicted octanol–water partition coefficient (Wildman–Crippen LogP) is 3.07. The van der Waals surface area contributed by atoms with Crippen LogP contribution in [0.3, 0.4) is 0 Å². The molecule has 2 heterocycles. The number of rotatable bonds is 5. The number of carbonyl (C=O) groups is 3. The van der Waals surface area contributed by atoms with Crippen LogP contribution in [-0.2, 0) is 14.4 Å². The topological polar surface area (TPSA) is 79.0 Å². The van der Waals surface area contributed by atoms with Crippen LogP contribution in [0.15, 0.2) is 54.6 Å². The molecule has 2 aromatic carbocycles. The Morgan fingerprint density at radius 2 is 1.68 bits per heavy atom. The third-order valence-electron chi connectivity index (χ3n) is 5.77. The SMILES string of the molecule is O=C(Nc1ccccc1)C1CCCN(C(=O)CCC(=O)N2CCOc3ccccc32)C1. The Morgan fingerprint density at radius 3 is 2.52 bits per heavy atom. The van der Waals surface area contributed by atoms with Crippen molar-refractivity contribution in [3.63, 3.8) is 0 Å². The van der Waals surface area contributed by atoms with Crippen molar-refractivity contribution in [2.24, 2.45) is 5.92 Å². The summed E-state index contributed by atoms with van der Waals surface area (Å²) in [7, 11) is 0. The molecule has 1 unspecified atom stereocenters. The Hall–Kier alpha value is -3.35. The van der Waals surface area contributed by atoms with Gasteiger partial charge in [-0.15, -0.1) is 0 Å². The molecule has 7 nitrogen and oxygen atoms in total. The number of ether oxygens (including phenoxy) is 1. The Bertz CT molecular complexity index is 947. The van der Waals surface area contributed by atoms with Crippen molar-refractivity contribution in [2.75, 3.05) is 36.5 Å². The molecule has 2 aliphatic heterocycles. The van der Waals surface area contributed by atoms with Crippen LogP contribution in [0.25, 0.3) is 0 Å². The molecule has 31 heavy (non-hydrogen) atoms. The van der Waals surface area contributed by atoms with Crippen LogP contribution in [0.1, 0.15) is 25.7 Å². The summed E-state index contributed by atoms with van der Waals surface area (Å²) < 4.78 is 5.59. The third-order valence-corrected chi connectivity index (χ3v) is 5.77. The number of hydrogen-bond donors (Lipinski definition) is 1. The average molecular weight is 421 g/mol. The first kappa shape index (κ1) is 20.9. The van der Waals surface area contributed by atoms with Gasteiger partial charge in [-0.05, 0) is 37.1 Å². The van der Waals surface area contributed by atoms with Gasteiger partial charge in [-0.25, -0.2) is 0 Å². The van der Waals surface area contributed by atoms with Gasteiger partial charge in [0.2, 0.25) is 17.7 Å². The van der Waals surface area contributed by atoms with Crippen LogP contribution >= 0.6 is 0 Å². The lowest BCUT2D eigenvalue weighted by atomic mass is 9.96. The largest absolute Gasteiger partial charge is 0.490 e. The van der Waals surface area contributed by atoms with E-state index < -0.39 is 0 Å². The van der Waals surface area contributed by atoms with Gasteiger partial charge < -0.3 is 19.9 Å². The lowest BCUT2D eigenvalue weighted by Crippen LogP contribution is -2.44. The fourth-order valence-electron chi connectivity index (χ4n) is 4.12. The summed E-state index contributed by atoms with van der Waals surface area (Å²) in [5.74, 6) is 0.229. The number of carbonyl (C=O) groups excluding carboxylic acids is 3. The number of nitrogens with one attached hydrogen (secondary N) is 1. The van der Waals surface area contributed by atoms with Gasteiger partial charge in [-0.2, -0.15) is 0 Å². The van der Waals surface area contributed by atoms with Crippen LogP contribution in [-0.4, -0.2) is 48.9 Å². The molecule has 162 valence electrons. The monoisotopic (exact) mass is 421 g/mol. The van der Waals surface area contributed by atoms with E-state index in [0.717, 1.165) is 24.2 Å². The first-order valence-electron chi connectivity index (χ1n) is 10.8. The van der Waals surface area contributed by atoms with Crippen molar-refractivity contribution >= 4 is 29.1 Å². The zero-order valence-corrected chi connectivity index (χ0v) is 17.5. The highest BCUT2D eigenvalue weighted by Crippen LogP contribution is 2.31. The number of fused-ring (bicyclic) bond motifs is 1. The second-order valence-corrected chi connectivity index (χ2v) is 7.90. The minimum atomic E-state index is -0.236. The zero-order valence-electron chi connectivity index (χ0n) is 17.5. The summed E-state index contributed by atoms with van der Waals surface area (Å²) in [6.07, 6.45) is 1.82. The molecule has 4 rings (SSSR count). The van der Waals surface area contributed by atoms with E-state index >= 15 is 0 Å². The van der Waals surface area contributed by atoms with E-state index in [4.69, 9.17) is 4.74 Å². The highest BCUT2D eigenvalue weighted by molar-refractivity contribution is 5.97. The molecule has 0 aromatic heterocycles. The van der Waals surface area contributed by atoms with Crippen molar-refractivity contribution < 1.29 is 19.1 Å². The number of piperidine rings is 1. The summed E-state index contributed by atoms with van der Waals surface area (Å²) >= 11 is 0. The number of para-hydroxylation sites is 3. The van der Waals surface area contributed by atoms with E-state index in [1.807, 2.05) is 54.6 Å². The highest BCUT2D eigenvalue weighted by atomic mass is 16.5. The normalized spacial score (nSPS) is 18.0. The molecule has 0 saturated carbocycles. The van der Waals surface area contributed by atoms with Crippen LogP contribution in [0.5, 0.6) is 5.75 Å². The van der Waals surface area contributed by atoms with Gasteiger partial charge in [0.25, 0.3) is 0 Å². The summed E-state index contributed by atoms with van der Waals surface area (Å²) in [6.45, 7) is 1.95. The molecule has 1 N–H and O–H groups in total. The predicted molar refractivity (Wildman–Crippen MR) is 118 cm³/mol. The van der Waals surface area contributed by atoms with Gasteiger partial charge in [0, 0.05) is 31.6 Å². The number of benzene rings is 2. The van der Waals surface area contributed by atoms with Crippen LogP contribution < -0.4 is 15.0 Å². The number of nitrogens with zero attached hydrogens (tertiary/aromatic N) is 2. The molecular formula is C24H27N3O4. The van der Waals surface area contributed by atoms with Crippen LogP contribution in [0, 0.1) is 5.92 Å². The van der Waals surface area contributed by atoms with Crippen LogP contribution in [0.4, 0.5) is 11.4 Å². The second kappa shape index (κ2) is 9.64. The quantitative estimate of drug-likeness (QED) is 0.805. The van der Waals surface area contributed by atoms with Gasteiger partial charge in [-0.1, -0.05) is 30.3 Å². The smallest absolute Gasteiger partial charge is 0.229 e. The van der Waals surface area contributed by atoms with E-state index in [-0.39, 0.29) is 36.5 Å². The molecule has 0 spiro atoms. The first-order valence-corrected chi connectivity index (χ1v) is 10.8. The van der Waals surface area contributed by atoms with Gasteiger partial charge in [0.05, 0.1) is 18.2 Å². The summed E-state index contributed by atoms with van der Waals surface area (Å²) in [5, 5.41) is 2.92. The van der Waals surface area contributed by atoms with Crippen LogP contribution in [0.2, 0.25) is 0 Å². The van der Waals surface area contributed by atoms with Gasteiger partial charge in [-0.3, -0.25) is 14.4 Å². The summed E-state index contributed by atoms with van der Waals surface area (Å²) in [6, 6.07) is 16.8. The first-order chi connectivity index (χ1) is 15.1. The third kappa shape index (κ3) is 5.05. The number of likely N-dealkylation sites (tertiary alicyclic amines) is 1. The lowest BCUT2D eigenvalue weighted by Gasteiger charge is -2.32. The Morgan fingerprint density at radius 1 is 0.935 bits per heavy atom. The summed E-state index contributed by atoms with van der Waals surface area (Å²) in [4.78, 5) is 41.5. The second-order valence-electron chi connectivity index (χ2n) is 7.90. The zero-order chi connectivity index (χ0) is 21.6. The molecule has 3 amide bonds. The minimum absolute atomic E-state index is 0.0651. The molecule has 2 aliphatic rings. The molecule has 1 saturated heterocycles. The Labute approximate surface area is 182 Å². The fraction of sp³-hybridized carbons (Fsp3) is 0.375. The highest BCUT2D eigenvalue weighted by Gasteiger charge is 2.29. The molecule has 0 radical (unpaired) electrons. The van der Waals surface area contributed by atoms with Crippen molar-refractivity contribution in [2.45, 2.75) is 25.7 Å². The van der Waals surface area contributed by atoms with Crippen molar-refractivity contribution in [1.82, 2.24) is 4.90 Å². The maximum Gasteiger partial charge on any atom is 0.229 e. The van der Waals surface area contributed by atoms with E-state index in [1.54, 1.807) is 9.80 Å². The van der Waals surface area contributed by atoms with E-state index in [2.05, 4.69) is 5.32 Å². The van der Waals surface area contributed by atoms with E-state index in [0.29, 0.717) is 32.0 Å². The molecular weight excluding hydrogens is 394 g/mol. The number of hydrogen-bond acceptors (Lipinski definition) is 4. The Balaban J connectivity index is 1.29. The number of amides is 3. The van der Waals surface area contributed by atoms with Crippen molar-refractivity contribution in [3.05, 3.63) is 54.6 Å². The molecule has 2 aromatic rings. The molecule has 0 aliphatic carbocycles. The van der Waals surface area contributed by atoms with Crippen molar-refractivity contribution in [3.8, 4) is 5.75 Å². The van der Waals surface area contributed by atoms with E-state index in [1.165, 1.54) is 0 Å². The van der Waals surface area contributed by atoms with Gasteiger partial charge >= 0.3 is 0 Å². The standard InChI is InChI=1S/C24H27N3O4/c28-22(12-13-23(29)27-15-16-31-21-11-5-4-10-20(21)27)26-14-6-7-18(17-26)24(30)25-19-8-2-1-3-9-19/h1-5,8-11,18H,6-7,12-17H2,(H,25,30). The maximum atomic E-state index is 12.8. The maximum absolute atomic E-state index is 12.8. The van der Waals surface area contributed by atoms with Gasteiger partial charge in [0.1, 0.15) is 12.4 Å². The molecule has 1 fully saturated rings. The number of anilines is 2. The fourth-order valence-corrected chi connectivity index (χ4v) is 4.12. The lowest BCUT2D eigenvalue weighted by molar-refractivity contribution is -0.136. The summed E-state index contributed by atoms with van der Waals surface area (Å²) in [5.41, 5.74) is 1.51. The Kier molecular flexibility index (Phi) is 6.50.